The van der Waals surface area contributed by atoms with Crippen molar-refractivity contribution in [2.45, 2.75) is 36.3 Å². The minimum Gasteiger partial charge on any atom is -0.358 e. The van der Waals surface area contributed by atoms with Crippen LogP contribution in [0.2, 0.25) is 0 Å². The van der Waals surface area contributed by atoms with Gasteiger partial charge in [0, 0.05) is 44.9 Å². The molecule has 0 bridgehead atoms. The lowest BCUT2D eigenvalue weighted by molar-refractivity contribution is -0.383. The molecule has 0 N–H and O–H groups in total. The van der Waals surface area contributed by atoms with Gasteiger partial charge in [0.25, 0.3) is 0 Å². The zero-order valence-corrected chi connectivity index (χ0v) is 16.4. The third-order valence-corrected chi connectivity index (χ3v) is 8.04. The van der Waals surface area contributed by atoms with E-state index in [-0.39, 0.29) is 21.7 Å². The summed E-state index contributed by atoms with van der Waals surface area (Å²) < 4.78 is 23.5. The number of likely N-dealkylation sites (tertiary alicyclic amines) is 1. The van der Waals surface area contributed by atoms with Crippen LogP contribution in [-0.2, 0) is 14.6 Å². The number of carbonyl (C=O) groups excluding carboxylic acids is 1. The Morgan fingerprint density at radius 1 is 1.27 bits per heavy atom. The SMILES string of the molecule is CS(=O)(=O)c1cc([N+](=O)[O-])c(N2CCC(CC(=O)N3CCCC3)CC2)s1. The number of nitrogens with zero attached hydrogens (tertiary/aromatic N) is 3. The van der Waals surface area contributed by atoms with E-state index in [1.165, 1.54) is 0 Å². The van der Waals surface area contributed by atoms with Crippen LogP contribution in [0.3, 0.4) is 0 Å². The molecule has 0 aliphatic carbocycles. The molecule has 26 heavy (non-hydrogen) atoms. The molecular weight excluding hydrogens is 378 g/mol. The minimum absolute atomic E-state index is 0.0190. The van der Waals surface area contributed by atoms with Gasteiger partial charge in [-0.25, -0.2) is 8.42 Å². The van der Waals surface area contributed by atoms with Crippen molar-refractivity contribution in [3.8, 4) is 0 Å². The Bertz CT molecular complexity index is 791. The van der Waals surface area contributed by atoms with Crippen LogP contribution in [0.4, 0.5) is 10.7 Å². The molecule has 2 aliphatic heterocycles. The van der Waals surface area contributed by atoms with E-state index in [0.717, 1.165) is 62.4 Å². The maximum Gasteiger partial charge on any atom is 0.305 e. The van der Waals surface area contributed by atoms with E-state index >= 15 is 0 Å². The predicted octanol–water partition coefficient (Wildman–Crippen LogP) is 2.29. The standard InChI is InChI=1S/C16H23N3O5S2/c1-26(23,24)15-11-13(19(21)22)16(25-15)18-8-4-12(5-9-18)10-14(20)17-6-2-3-7-17/h11-12H,2-10H2,1H3. The van der Waals surface area contributed by atoms with Crippen molar-refractivity contribution >= 4 is 37.8 Å². The van der Waals surface area contributed by atoms with Crippen molar-refractivity contribution in [1.82, 2.24) is 4.90 Å². The van der Waals surface area contributed by atoms with Gasteiger partial charge in [-0.15, -0.1) is 0 Å². The number of hydrogen-bond donors (Lipinski definition) is 0. The fourth-order valence-corrected chi connectivity index (χ4v) is 5.65. The Hall–Kier alpha value is -1.68. The van der Waals surface area contributed by atoms with E-state index in [9.17, 15) is 23.3 Å². The fraction of sp³-hybridized carbons (Fsp3) is 0.688. The van der Waals surface area contributed by atoms with Gasteiger partial charge in [-0.2, -0.15) is 0 Å². The lowest BCUT2D eigenvalue weighted by Gasteiger charge is -2.32. The molecular formula is C16H23N3O5S2. The monoisotopic (exact) mass is 401 g/mol. The van der Waals surface area contributed by atoms with Gasteiger partial charge in [-0.3, -0.25) is 14.9 Å². The maximum absolute atomic E-state index is 12.3. The van der Waals surface area contributed by atoms with Gasteiger partial charge in [-0.05, 0) is 31.6 Å². The second-order valence-electron chi connectivity index (χ2n) is 7.01. The summed E-state index contributed by atoms with van der Waals surface area (Å²) in [6, 6.07) is 1.15. The molecule has 1 aromatic heterocycles. The van der Waals surface area contributed by atoms with Gasteiger partial charge in [0.05, 0.1) is 4.92 Å². The molecule has 10 heteroatoms. The Balaban J connectivity index is 1.65. The summed E-state index contributed by atoms with van der Waals surface area (Å²) >= 11 is 0.958. The second kappa shape index (κ2) is 7.51. The van der Waals surface area contributed by atoms with E-state index in [0.29, 0.717) is 24.5 Å². The molecule has 0 aromatic carbocycles. The molecule has 0 saturated carbocycles. The van der Waals surface area contributed by atoms with Crippen molar-refractivity contribution < 1.29 is 18.1 Å². The summed E-state index contributed by atoms with van der Waals surface area (Å²) in [6.07, 6.45) is 5.31. The van der Waals surface area contributed by atoms with E-state index in [1.54, 1.807) is 0 Å². The number of anilines is 1. The molecule has 3 heterocycles. The molecule has 3 rings (SSSR count). The predicted molar refractivity (Wildman–Crippen MR) is 99.5 cm³/mol. The number of thiophene rings is 1. The van der Waals surface area contributed by atoms with Crippen LogP contribution in [0, 0.1) is 16.0 Å². The zero-order valence-electron chi connectivity index (χ0n) is 14.7. The van der Waals surface area contributed by atoms with E-state index < -0.39 is 14.8 Å². The van der Waals surface area contributed by atoms with Gasteiger partial charge < -0.3 is 9.80 Å². The first-order chi connectivity index (χ1) is 12.3. The number of carbonyl (C=O) groups is 1. The molecule has 2 fully saturated rings. The maximum atomic E-state index is 12.3. The van der Waals surface area contributed by atoms with E-state index in [1.807, 2.05) is 9.80 Å². The summed E-state index contributed by atoms with van der Waals surface area (Å²) in [7, 11) is -3.48. The van der Waals surface area contributed by atoms with Crippen LogP contribution in [0.25, 0.3) is 0 Å². The Morgan fingerprint density at radius 2 is 1.88 bits per heavy atom. The first kappa shape index (κ1) is 19.1. The topological polar surface area (TPSA) is 101 Å². The minimum atomic E-state index is -3.48. The van der Waals surface area contributed by atoms with Crippen LogP contribution in [0.5, 0.6) is 0 Å². The number of nitro groups is 1. The molecule has 1 amide bonds. The molecule has 2 aliphatic rings. The highest BCUT2D eigenvalue weighted by Crippen LogP contribution is 2.41. The molecule has 8 nitrogen and oxygen atoms in total. The average Bonchev–Trinajstić information content (AvgIpc) is 3.25. The number of rotatable bonds is 5. The molecule has 0 atom stereocenters. The first-order valence-electron chi connectivity index (χ1n) is 8.76. The van der Waals surface area contributed by atoms with Crippen LogP contribution in [0.1, 0.15) is 32.1 Å². The highest BCUT2D eigenvalue weighted by molar-refractivity contribution is 7.92. The van der Waals surface area contributed by atoms with Crippen LogP contribution >= 0.6 is 11.3 Å². The third-order valence-electron chi connectivity index (χ3n) is 5.06. The number of amides is 1. The van der Waals surface area contributed by atoms with Crippen molar-refractivity contribution in [3.05, 3.63) is 16.2 Å². The van der Waals surface area contributed by atoms with Crippen LogP contribution < -0.4 is 4.90 Å². The van der Waals surface area contributed by atoms with Crippen LogP contribution in [-0.4, -0.2) is 56.6 Å². The highest BCUT2D eigenvalue weighted by atomic mass is 32.2. The van der Waals surface area contributed by atoms with Crippen molar-refractivity contribution in [2.75, 3.05) is 37.3 Å². The van der Waals surface area contributed by atoms with Crippen molar-refractivity contribution in [3.63, 3.8) is 0 Å². The molecule has 144 valence electrons. The lowest BCUT2D eigenvalue weighted by Crippen LogP contribution is -2.36. The Morgan fingerprint density at radius 3 is 2.42 bits per heavy atom. The van der Waals surface area contributed by atoms with Gasteiger partial charge in [0.1, 0.15) is 4.21 Å². The number of piperidine rings is 1. The van der Waals surface area contributed by atoms with Crippen molar-refractivity contribution in [2.24, 2.45) is 5.92 Å². The molecule has 2 saturated heterocycles. The van der Waals surface area contributed by atoms with Gasteiger partial charge in [0.15, 0.2) is 14.8 Å². The summed E-state index contributed by atoms with van der Waals surface area (Å²) in [5.41, 5.74) is -0.151. The first-order valence-corrected chi connectivity index (χ1v) is 11.5. The summed E-state index contributed by atoms with van der Waals surface area (Å²) in [5.74, 6) is 0.496. The molecule has 0 unspecified atom stereocenters. The molecule has 0 spiro atoms. The second-order valence-corrected chi connectivity index (χ2v) is 10.3. The highest BCUT2D eigenvalue weighted by Gasteiger charge is 2.31. The van der Waals surface area contributed by atoms with Gasteiger partial charge in [0.2, 0.25) is 5.91 Å². The van der Waals surface area contributed by atoms with Crippen LogP contribution in [0.15, 0.2) is 10.3 Å². The Labute approximate surface area is 156 Å². The van der Waals surface area contributed by atoms with E-state index in [2.05, 4.69) is 0 Å². The largest absolute Gasteiger partial charge is 0.358 e. The lowest BCUT2D eigenvalue weighted by atomic mass is 9.93. The molecule has 1 aromatic rings. The zero-order chi connectivity index (χ0) is 18.9. The smallest absolute Gasteiger partial charge is 0.305 e. The quantitative estimate of drug-likeness (QED) is 0.554. The van der Waals surface area contributed by atoms with Gasteiger partial charge in [-0.1, -0.05) is 11.3 Å². The summed E-state index contributed by atoms with van der Waals surface area (Å²) in [4.78, 5) is 26.9. The average molecular weight is 402 g/mol. The normalized spacial score (nSPS) is 19.1. The summed E-state index contributed by atoms with van der Waals surface area (Å²) in [5, 5.41) is 11.7. The number of sulfone groups is 1. The fourth-order valence-electron chi connectivity index (χ4n) is 3.57. The third kappa shape index (κ3) is 4.17. The summed E-state index contributed by atoms with van der Waals surface area (Å²) in [6.45, 7) is 2.91. The Kier molecular flexibility index (Phi) is 5.52. The molecule has 0 radical (unpaired) electrons. The number of hydrogen-bond acceptors (Lipinski definition) is 7. The van der Waals surface area contributed by atoms with Crippen molar-refractivity contribution in [1.29, 1.82) is 0 Å². The van der Waals surface area contributed by atoms with E-state index in [4.69, 9.17) is 0 Å². The van der Waals surface area contributed by atoms with Gasteiger partial charge >= 0.3 is 5.69 Å².